The first-order chi connectivity index (χ1) is 20.5. The van der Waals surface area contributed by atoms with Crippen molar-refractivity contribution in [3.8, 4) is 5.75 Å². The van der Waals surface area contributed by atoms with Crippen LogP contribution in [0.3, 0.4) is 0 Å². The maximum absolute atomic E-state index is 13.9. The van der Waals surface area contributed by atoms with Gasteiger partial charge in [-0.25, -0.2) is 4.79 Å². The zero-order valence-corrected chi connectivity index (χ0v) is 25.4. The van der Waals surface area contributed by atoms with Gasteiger partial charge in [0.15, 0.2) is 0 Å². The summed E-state index contributed by atoms with van der Waals surface area (Å²) in [6.07, 6.45) is -15.7. The Hall–Kier alpha value is -3.58. The van der Waals surface area contributed by atoms with E-state index in [4.69, 9.17) is 9.47 Å². The Balaban J connectivity index is 1.80. The summed E-state index contributed by atoms with van der Waals surface area (Å²) in [5.74, 6) is -0.0290. The fourth-order valence-corrected chi connectivity index (χ4v) is 5.97. The van der Waals surface area contributed by atoms with Gasteiger partial charge in [-0.15, -0.1) is 0 Å². The largest absolute Gasteiger partial charge is 0.496 e. The summed E-state index contributed by atoms with van der Waals surface area (Å²) in [7, 11) is 4.19. The summed E-state index contributed by atoms with van der Waals surface area (Å²) < 4.78 is 134. The van der Waals surface area contributed by atoms with Crippen molar-refractivity contribution in [2.75, 3.05) is 32.6 Å². The van der Waals surface area contributed by atoms with Gasteiger partial charge in [0, 0.05) is 31.9 Å². The average Bonchev–Trinajstić information content (AvgIpc) is 3.18. The number of benzene rings is 2. The van der Waals surface area contributed by atoms with E-state index in [0.29, 0.717) is 48.1 Å². The van der Waals surface area contributed by atoms with E-state index in [1.807, 2.05) is 13.8 Å². The summed E-state index contributed by atoms with van der Waals surface area (Å²) in [4.78, 5) is 15.7. The highest BCUT2D eigenvalue weighted by atomic mass is 19.4. The molecule has 14 heteroatoms. The van der Waals surface area contributed by atoms with Crippen LogP contribution in [0.4, 0.5) is 50.0 Å². The molecule has 1 saturated heterocycles. The van der Waals surface area contributed by atoms with Crippen LogP contribution in [0.25, 0.3) is 5.57 Å². The van der Waals surface area contributed by atoms with Crippen LogP contribution in [0, 0.1) is 5.41 Å². The van der Waals surface area contributed by atoms with Crippen LogP contribution in [0.2, 0.25) is 0 Å². The molecule has 1 heterocycles. The third-order valence-electron chi connectivity index (χ3n) is 8.29. The summed E-state index contributed by atoms with van der Waals surface area (Å²) >= 11 is 0. The molecule has 2 aromatic carbocycles. The molecular formula is C31H33F9N2O3. The van der Waals surface area contributed by atoms with Crippen LogP contribution in [0.1, 0.15) is 74.0 Å². The maximum atomic E-state index is 13.9. The SMILES string of the molecule is COc1cc(C(F)(F)F)c(N(C)C)cc1C1=C(CN2C(=O)O[C@H](c3cc(C(F)(F)F)cc(C(F)(F)F)c3)[C@@H]2C)CC(C)(C)CC1. The molecule has 0 bridgehead atoms. The number of methoxy groups -OCH3 is 1. The number of alkyl halides is 9. The van der Waals surface area contributed by atoms with Gasteiger partial charge in [-0.2, -0.15) is 39.5 Å². The number of carbonyl (C=O) groups excluding carboxylic acids is 1. The van der Waals surface area contributed by atoms with Crippen molar-refractivity contribution in [1.82, 2.24) is 4.90 Å². The lowest BCUT2D eigenvalue weighted by molar-refractivity contribution is -0.143. The molecule has 0 spiro atoms. The molecule has 0 radical (unpaired) electrons. The van der Waals surface area contributed by atoms with E-state index in [1.165, 1.54) is 44.0 Å². The topological polar surface area (TPSA) is 42.0 Å². The van der Waals surface area contributed by atoms with E-state index < -0.39 is 59.0 Å². The molecule has 4 rings (SSSR count). The predicted molar refractivity (Wildman–Crippen MR) is 149 cm³/mol. The number of rotatable bonds is 6. The van der Waals surface area contributed by atoms with Gasteiger partial charge >= 0.3 is 24.6 Å². The van der Waals surface area contributed by atoms with Crippen LogP contribution in [-0.2, 0) is 23.3 Å². The van der Waals surface area contributed by atoms with E-state index >= 15 is 0 Å². The monoisotopic (exact) mass is 652 g/mol. The summed E-state index contributed by atoms with van der Waals surface area (Å²) in [5.41, 5.74) is -3.10. The first kappa shape index (κ1) is 34.3. The van der Waals surface area contributed by atoms with Crippen molar-refractivity contribution < 1.29 is 53.8 Å². The molecule has 2 aliphatic rings. The summed E-state index contributed by atoms with van der Waals surface area (Å²) in [6, 6.07) is 2.40. The van der Waals surface area contributed by atoms with Crippen molar-refractivity contribution in [2.24, 2.45) is 5.41 Å². The Kier molecular flexibility index (Phi) is 8.88. The smallest absolute Gasteiger partial charge is 0.418 e. The number of anilines is 1. The minimum atomic E-state index is -5.08. The average molecular weight is 653 g/mol. The molecule has 1 aliphatic carbocycles. The van der Waals surface area contributed by atoms with Crippen molar-refractivity contribution >= 4 is 17.4 Å². The molecule has 248 valence electrons. The maximum Gasteiger partial charge on any atom is 0.418 e. The second kappa shape index (κ2) is 11.7. The zero-order valence-electron chi connectivity index (χ0n) is 25.4. The second-order valence-corrected chi connectivity index (χ2v) is 12.4. The van der Waals surface area contributed by atoms with Crippen LogP contribution < -0.4 is 9.64 Å². The molecule has 1 aliphatic heterocycles. The van der Waals surface area contributed by atoms with Crippen LogP contribution in [0.15, 0.2) is 35.9 Å². The molecule has 0 aromatic heterocycles. The lowest BCUT2D eigenvalue weighted by atomic mass is 9.72. The fourth-order valence-electron chi connectivity index (χ4n) is 5.97. The zero-order chi connectivity index (χ0) is 33.9. The second-order valence-electron chi connectivity index (χ2n) is 12.4. The van der Waals surface area contributed by atoms with Gasteiger partial charge in [-0.3, -0.25) is 4.90 Å². The number of hydrogen-bond acceptors (Lipinski definition) is 4. The third kappa shape index (κ3) is 7.14. The Bertz CT molecular complexity index is 1460. The van der Waals surface area contributed by atoms with Gasteiger partial charge in [0.05, 0.1) is 29.8 Å². The van der Waals surface area contributed by atoms with E-state index in [2.05, 4.69) is 0 Å². The molecule has 0 saturated carbocycles. The van der Waals surface area contributed by atoms with Gasteiger partial charge in [0.25, 0.3) is 0 Å². The minimum Gasteiger partial charge on any atom is -0.496 e. The molecule has 0 unspecified atom stereocenters. The van der Waals surface area contributed by atoms with Crippen LogP contribution in [-0.4, -0.2) is 44.8 Å². The van der Waals surface area contributed by atoms with E-state index in [9.17, 15) is 44.3 Å². The van der Waals surface area contributed by atoms with E-state index in [0.717, 1.165) is 6.07 Å². The van der Waals surface area contributed by atoms with Crippen LogP contribution >= 0.6 is 0 Å². The van der Waals surface area contributed by atoms with Crippen LogP contribution in [0.5, 0.6) is 5.75 Å². The van der Waals surface area contributed by atoms with Gasteiger partial charge in [0.2, 0.25) is 0 Å². The van der Waals surface area contributed by atoms with Crippen molar-refractivity contribution in [2.45, 2.75) is 70.7 Å². The first-order valence-corrected chi connectivity index (χ1v) is 14.0. The highest BCUT2D eigenvalue weighted by molar-refractivity contribution is 5.80. The molecule has 2 atom stereocenters. The summed E-state index contributed by atoms with van der Waals surface area (Å²) in [5, 5.41) is 0. The van der Waals surface area contributed by atoms with Gasteiger partial charge in [-0.05, 0) is 78.6 Å². The molecule has 45 heavy (non-hydrogen) atoms. The van der Waals surface area contributed by atoms with E-state index in [1.54, 1.807) is 0 Å². The van der Waals surface area contributed by atoms with E-state index in [-0.39, 0.29) is 29.5 Å². The number of carbonyl (C=O) groups is 1. The lowest BCUT2D eigenvalue weighted by Gasteiger charge is -2.36. The van der Waals surface area contributed by atoms with Gasteiger partial charge in [0.1, 0.15) is 11.9 Å². The number of cyclic esters (lactones) is 1. The Labute approximate surface area is 254 Å². The highest BCUT2D eigenvalue weighted by Gasteiger charge is 2.44. The third-order valence-corrected chi connectivity index (χ3v) is 8.29. The highest BCUT2D eigenvalue weighted by Crippen LogP contribution is 2.49. The number of ether oxygens (including phenoxy) is 2. The molecular weight excluding hydrogens is 619 g/mol. The Morgan fingerprint density at radius 2 is 1.51 bits per heavy atom. The molecule has 1 fully saturated rings. The number of nitrogens with zero attached hydrogens (tertiary/aromatic N) is 2. The number of allylic oxidation sites excluding steroid dienone is 1. The normalized spacial score (nSPS) is 20.9. The number of halogens is 9. The number of amides is 1. The molecule has 5 nitrogen and oxygen atoms in total. The quantitative estimate of drug-likeness (QED) is 0.292. The minimum absolute atomic E-state index is 0.00331. The van der Waals surface area contributed by atoms with Gasteiger partial charge < -0.3 is 14.4 Å². The van der Waals surface area contributed by atoms with Crippen molar-refractivity contribution in [1.29, 1.82) is 0 Å². The predicted octanol–water partition coefficient (Wildman–Crippen LogP) is 9.36. The van der Waals surface area contributed by atoms with Crippen molar-refractivity contribution in [3.63, 3.8) is 0 Å². The summed E-state index contributed by atoms with van der Waals surface area (Å²) in [6.45, 7) is 5.31. The Morgan fingerprint density at radius 3 is 2.00 bits per heavy atom. The number of hydrogen-bond donors (Lipinski definition) is 0. The molecule has 0 N–H and O–H groups in total. The lowest BCUT2D eigenvalue weighted by Crippen LogP contribution is -2.35. The molecule has 2 aromatic rings. The van der Waals surface area contributed by atoms with Crippen molar-refractivity contribution in [3.05, 3.63) is 63.7 Å². The molecule has 1 amide bonds. The van der Waals surface area contributed by atoms with Gasteiger partial charge in [-0.1, -0.05) is 13.8 Å². The fraction of sp³-hybridized carbons (Fsp3) is 0.516. The Morgan fingerprint density at radius 1 is 0.933 bits per heavy atom. The standard InChI is InChI=1S/C31H33F9N2O3/c1-16-26(17-9-19(29(32,33)34)11-20(10-17)30(35,36)37)45-27(43)42(16)15-18-14-28(2,3)8-7-21(18)22-12-24(41(4)5)23(31(38,39)40)13-25(22)44-6/h9-13,16,26H,7-8,14-15H2,1-6H3/t16-,26-/m0/s1. The first-order valence-electron chi connectivity index (χ1n) is 14.0.